The van der Waals surface area contributed by atoms with Crippen LogP contribution in [0.1, 0.15) is 44.8 Å². The summed E-state index contributed by atoms with van der Waals surface area (Å²) in [5.74, 6) is 1.56. The molecule has 0 spiro atoms. The number of fused-ring (bicyclic) bond motifs is 1. The van der Waals surface area contributed by atoms with Gasteiger partial charge in [0.2, 0.25) is 0 Å². The van der Waals surface area contributed by atoms with E-state index in [1.807, 2.05) is 56.1 Å². The van der Waals surface area contributed by atoms with Gasteiger partial charge < -0.3 is 10.2 Å². The first kappa shape index (κ1) is 19.6. The van der Waals surface area contributed by atoms with Gasteiger partial charge in [-0.05, 0) is 39.3 Å². The summed E-state index contributed by atoms with van der Waals surface area (Å²) in [4.78, 5) is 29.7. The van der Waals surface area contributed by atoms with Crippen LogP contribution in [0.2, 0.25) is 0 Å². The van der Waals surface area contributed by atoms with Crippen molar-refractivity contribution in [3.63, 3.8) is 0 Å². The monoisotopic (exact) mass is 433 g/mol. The number of aromatic amines is 1. The fourth-order valence-electron chi connectivity index (χ4n) is 4.01. The SMILES string of the molecule is Cc1ccc2[nH]nc(C(=O)N3CC[C@@H](c4cc(Nc5ncc(C)s5)nc(C)n4)C3)c2c1. The summed E-state index contributed by atoms with van der Waals surface area (Å²) in [6.07, 6.45) is 2.70. The Morgan fingerprint density at radius 1 is 1.23 bits per heavy atom. The zero-order chi connectivity index (χ0) is 21.5. The zero-order valence-corrected chi connectivity index (χ0v) is 18.5. The third-order valence-corrected chi connectivity index (χ3v) is 6.36. The minimum atomic E-state index is -0.0401. The average molecular weight is 434 g/mol. The van der Waals surface area contributed by atoms with Gasteiger partial charge in [0, 0.05) is 41.5 Å². The molecule has 2 N–H and O–H groups in total. The van der Waals surface area contributed by atoms with Crippen LogP contribution in [-0.4, -0.2) is 49.0 Å². The van der Waals surface area contributed by atoms with Gasteiger partial charge in [0.15, 0.2) is 10.8 Å². The number of aryl methyl sites for hydroxylation is 3. The van der Waals surface area contributed by atoms with Gasteiger partial charge in [0.1, 0.15) is 11.6 Å². The van der Waals surface area contributed by atoms with Crippen LogP contribution < -0.4 is 5.32 Å². The number of nitrogens with one attached hydrogen (secondary N) is 2. The Hall–Kier alpha value is -3.33. The van der Waals surface area contributed by atoms with E-state index in [2.05, 4.69) is 30.5 Å². The van der Waals surface area contributed by atoms with Gasteiger partial charge in [-0.25, -0.2) is 15.0 Å². The maximum atomic E-state index is 13.2. The van der Waals surface area contributed by atoms with E-state index in [0.29, 0.717) is 24.6 Å². The highest BCUT2D eigenvalue weighted by Gasteiger charge is 2.31. The predicted octanol–water partition coefficient (Wildman–Crippen LogP) is 4.11. The van der Waals surface area contributed by atoms with E-state index in [4.69, 9.17) is 0 Å². The number of aromatic nitrogens is 5. The molecule has 4 aromatic rings. The third-order valence-electron chi connectivity index (χ3n) is 5.53. The number of likely N-dealkylation sites (tertiary alicyclic amines) is 1. The standard InChI is InChI=1S/C22H23N7OS/c1-12-4-5-17-16(8-12)20(28-27-17)21(30)29-7-6-15(11-29)18-9-19(25-14(3)24-18)26-22-23-10-13(2)31-22/h4-5,8-10,15H,6-7,11H2,1-3H3,(H,27,28)(H,23,24,25,26)/t15-/m1/s1. The molecular formula is C22H23N7OS. The lowest BCUT2D eigenvalue weighted by Crippen LogP contribution is -2.29. The Balaban J connectivity index is 1.35. The average Bonchev–Trinajstić information content (AvgIpc) is 3.46. The van der Waals surface area contributed by atoms with Crippen LogP contribution in [0, 0.1) is 20.8 Å². The molecule has 0 bridgehead atoms. The number of carbonyl (C=O) groups is 1. The largest absolute Gasteiger partial charge is 0.337 e. The molecule has 1 saturated heterocycles. The van der Waals surface area contributed by atoms with Gasteiger partial charge in [-0.15, -0.1) is 11.3 Å². The lowest BCUT2D eigenvalue weighted by atomic mass is 10.0. The molecule has 1 aromatic carbocycles. The second-order valence-corrected chi connectivity index (χ2v) is 9.22. The van der Waals surface area contributed by atoms with Crippen LogP contribution in [-0.2, 0) is 0 Å². The molecule has 9 heteroatoms. The Morgan fingerprint density at radius 2 is 2.10 bits per heavy atom. The molecule has 3 aromatic heterocycles. The highest BCUT2D eigenvalue weighted by molar-refractivity contribution is 7.15. The van der Waals surface area contributed by atoms with Crippen LogP contribution in [0.25, 0.3) is 10.9 Å². The molecule has 31 heavy (non-hydrogen) atoms. The Morgan fingerprint density at radius 3 is 2.90 bits per heavy atom. The molecule has 0 unspecified atom stereocenters. The van der Waals surface area contributed by atoms with E-state index < -0.39 is 0 Å². The maximum Gasteiger partial charge on any atom is 0.275 e. The van der Waals surface area contributed by atoms with Gasteiger partial charge in [-0.2, -0.15) is 5.10 Å². The van der Waals surface area contributed by atoms with Gasteiger partial charge in [-0.3, -0.25) is 9.89 Å². The topological polar surface area (TPSA) is 99.7 Å². The molecule has 1 aliphatic heterocycles. The third kappa shape index (κ3) is 3.88. The smallest absolute Gasteiger partial charge is 0.275 e. The van der Waals surface area contributed by atoms with E-state index in [0.717, 1.165) is 44.4 Å². The number of hydrogen-bond donors (Lipinski definition) is 2. The van der Waals surface area contributed by atoms with Crippen molar-refractivity contribution in [1.29, 1.82) is 0 Å². The number of anilines is 2. The molecule has 158 valence electrons. The molecule has 8 nitrogen and oxygen atoms in total. The second-order valence-electron chi connectivity index (χ2n) is 7.98. The van der Waals surface area contributed by atoms with Gasteiger partial charge in [-0.1, -0.05) is 11.6 Å². The summed E-state index contributed by atoms with van der Waals surface area (Å²) in [5, 5.41) is 12.2. The molecule has 1 aliphatic rings. The van der Waals surface area contributed by atoms with E-state index in [1.54, 1.807) is 11.3 Å². The van der Waals surface area contributed by atoms with Gasteiger partial charge in [0.05, 0.1) is 11.2 Å². The Labute approximate surface area is 183 Å². The first-order valence-electron chi connectivity index (χ1n) is 10.3. The van der Waals surface area contributed by atoms with E-state index in [1.165, 1.54) is 0 Å². The summed E-state index contributed by atoms with van der Waals surface area (Å²) < 4.78 is 0. The van der Waals surface area contributed by atoms with Crippen LogP contribution in [0.3, 0.4) is 0 Å². The highest BCUT2D eigenvalue weighted by Crippen LogP contribution is 2.30. The van der Waals surface area contributed by atoms with Crippen LogP contribution in [0.15, 0.2) is 30.5 Å². The maximum absolute atomic E-state index is 13.2. The quantitative estimate of drug-likeness (QED) is 0.502. The number of rotatable bonds is 4. The normalized spacial score (nSPS) is 16.2. The number of benzene rings is 1. The number of thiazole rings is 1. The van der Waals surface area contributed by atoms with Gasteiger partial charge >= 0.3 is 0 Å². The Bertz CT molecular complexity index is 1280. The minimum Gasteiger partial charge on any atom is -0.337 e. The summed E-state index contributed by atoms with van der Waals surface area (Å²) in [6, 6.07) is 7.95. The fourth-order valence-corrected chi connectivity index (χ4v) is 4.68. The second kappa shape index (κ2) is 7.73. The first-order valence-corrected chi connectivity index (χ1v) is 11.1. The molecule has 4 heterocycles. The van der Waals surface area contributed by atoms with Crippen LogP contribution >= 0.6 is 11.3 Å². The number of H-pyrrole nitrogens is 1. The zero-order valence-electron chi connectivity index (χ0n) is 17.6. The lowest BCUT2D eigenvalue weighted by molar-refractivity contribution is 0.0786. The Kier molecular flexibility index (Phi) is 4.90. The van der Waals surface area contributed by atoms with Crippen molar-refractivity contribution in [2.75, 3.05) is 18.4 Å². The molecule has 1 fully saturated rings. The van der Waals surface area contributed by atoms with Crippen molar-refractivity contribution < 1.29 is 4.79 Å². The van der Waals surface area contributed by atoms with Crippen molar-refractivity contribution >= 4 is 39.1 Å². The van der Waals surface area contributed by atoms with Crippen molar-refractivity contribution in [1.82, 2.24) is 30.0 Å². The summed E-state index contributed by atoms with van der Waals surface area (Å²) >= 11 is 1.59. The summed E-state index contributed by atoms with van der Waals surface area (Å²) in [7, 11) is 0. The van der Waals surface area contributed by atoms with Crippen molar-refractivity contribution in [3.8, 4) is 0 Å². The van der Waals surface area contributed by atoms with Crippen molar-refractivity contribution in [2.24, 2.45) is 0 Å². The minimum absolute atomic E-state index is 0.0401. The van der Waals surface area contributed by atoms with Crippen molar-refractivity contribution in [2.45, 2.75) is 33.1 Å². The van der Waals surface area contributed by atoms with Crippen LogP contribution in [0.5, 0.6) is 0 Å². The molecule has 0 aliphatic carbocycles. The molecule has 5 rings (SSSR count). The molecule has 1 atom stereocenters. The number of carbonyl (C=O) groups excluding carboxylic acids is 1. The number of nitrogens with zero attached hydrogens (tertiary/aromatic N) is 5. The molecule has 0 radical (unpaired) electrons. The molecular weight excluding hydrogens is 410 g/mol. The van der Waals surface area contributed by atoms with E-state index in [9.17, 15) is 4.79 Å². The van der Waals surface area contributed by atoms with Crippen molar-refractivity contribution in [3.05, 3.63) is 58.1 Å². The van der Waals surface area contributed by atoms with Gasteiger partial charge in [0.25, 0.3) is 5.91 Å². The predicted molar refractivity (Wildman–Crippen MR) is 121 cm³/mol. The number of hydrogen-bond acceptors (Lipinski definition) is 7. The summed E-state index contributed by atoms with van der Waals surface area (Å²) in [5.41, 5.74) is 3.42. The molecule has 0 saturated carbocycles. The van der Waals surface area contributed by atoms with E-state index >= 15 is 0 Å². The summed E-state index contributed by atoms with van der Waals surface area (Å²) in [6.45, 7) is 7.22. The number of amides is 1. The molecule has 1 amide bonds. The fraction of sp³-hybridized carbons (Fsp3) is 0.318. The van der Waals surface area contributed by atoms with Crippen LogP contribution in [0.4, 0.5) is 10.9 Å². The highest BCUT2D eigenvalue weighted by atomic mass is 32.1. The first-order chi connectivity index (χ1) is 15.0. The lowest BCUT2D eigenvalue weighted by Gasteiger charge is -2.16. The van der Waals surface area contributed by atoms with E-state index in [-0.39, 0.29) is 11.8 Å².